The van der Waals surface area contributed by atoms with Crippen LogP contribution < -0.4 is 4.74 Å². The van der Waals surface area contributed by atoms with Crippen LogP contribution in [0.25, 0.3) is 0 Å². The lowest BCUT2D eigenvalue weighted by Gasteiger charge is -2.35. The number of esters is 1. The van der Waals surface area contributed by atoms with Crippen LogP contribution in [0.2, 0.25) is 0 Å². The number of carbonyl (C=O) groups is 1. The summed E-state index contributed by atoms with van der Waals surface area (Å²) in [7, 11) is 0. The van der Waals surface area contributed by atoms with Gasteiger partial charge in [0, 0.05) is 5.56 Å². The Kier molecular flexibility index (Phi) is 2.74. The molecule has 5 rings (SSSR count). The quantitative estimate of drug-likeness (QED) is 0.793. The van der Waals surface area contributed by atoms with E-state index in [0.717, 1.165) is 30.8 Å². The molecule has 1 saturated carbocycles. The molecule has 3 fully saturated rings. The summed E-state index contributed by atoms with van der Waals surface area (Å²) in [6.45, 7) is 1.81. The Morgan fingerprint density at radius 3 is 3.00 bits per heavy atom. The highest BCUT2D eigenvalue weighted by Gasteiger charge is 2.53. The van der Waals surface area contributed by atoms with Gasteiger partial charge in [-0.3, -0.25) is 4.79 Å². The van der Waals surface area contributed by atoms with Gasteiger partial charge in [0.05, 0.1) is 19.1 Å². The second-order valence-electron chi connectivity index (χ2n) is 6.10. The topological polar surface area (TPSA) is 44.8 Å². The average Bonchev–Trinajstić information content (AvgIpc) is 3.04. The molecule has 4 heteroatoms. The van der Waals surface area contributed by atoms with Gasteiger partial charge in [0.25, 0.3) is 0 Å². The molecule has 106 valence electrons. The van der Waals surface area contributed by atoms with Crippen LogP contribution in [0.1, 0.15) is 30.7 Å². The molecule has 0 aromatic heterocycles. The molecule has 1 unspecified atom stereocenters. The van der Waals surface area contributed by atoms with Gasteiger partial charge in [-0.1, -0.05) is 18.2 Å². The predicted octanol–water partition coefficient (Wildman–Crippen LogP) is 2.27. The van der Waals surface area contributed by atoms with E-state index >= 15 is 0 Å². The summed E-state index contributed by atoms with van der Waals surface area (Å²) in [5, 5.41) is 0. The fraction of sp³-hybridized carbons (Fsp3) is 0.562. The number of hydrogen-bond donors (Lipinski definition) is 0. The molecule has 3 aliphatic heterocycles. The lowest BCUT2D eigenvalue weighted by Crippen LogP contribution is -2.42. The fourth-order valence-corrected chi connectivity index (χ4v) is 3.57. The molecule has 0 N–H and O–H groups in total. The Morgan fingerprint density at radius 1 is 1.35 bits per heavy atom. The molecule has 2 saturated heterocycles. The van der Waals surface area contributed by atoms with Gasteiger partial charge in [0.2, 0.25) is 0 Å². The summed E-state index contributed by atoms with van der Waals surface area (Å²) in [6, 6.07) is 7.71. The van der Waals surface area contributed by atoms with Crippen molar-refractivity contribution in [3.8, 4) is 5.75 Å². The second kappa shape index (κ2) is 4.48. The first-order valence-electron chi connectivity index (χ1n) is 7.28. The van der Waals surface area contributed by atoms with E-state index in [0.29, 0.717) is 25.6 Å². The number of carbonyl (C=O) groups excluding carboxylic acids is 1. The van der Waals surface area contributed by atoms with Crippen LogP contribution >= 0.6 is 0 Å². The fourth-order valence-electron chi connectivity index (χ4n) is 3.57. The molecule has 2 bridgehead atoms. The number of hydrogen-bond acceptors (Lipinski definition) is 4. The zero-order valence-corrected chi connectivity index (χ0v) is 11.3. The van der Waals surface area contributed by atoms with E-state index in [4.69, 9.17) is 14.2 Å². The van der Waals surface area contributed by atoms with Gasteiger partial charge in [-0.15, -0.1) is 0 Å². The van der Waals surface area contributed by atoms with E-state index in [1.165, 1.54) is 0 Å². The van der Waals surface area contributed by atoms with Crippen molar-refractivity contribution in [1.29, 1.82) is 0 Å². The number of ether oxygens (including phenoxy) is 3. The summed E-state index contributed by atoms with van der Waals surface area (Å²) in [5.41, 5.74) is 0.783. The predicted molar refractivity (Wildman–Crippen MR) is 71.7 cm³/mol. The molecular weight excluding hydrogens is 256 g/mol. The SMILES string of the molecule is O=C(OCC12CC(CO1)C2)C1CCOc2ccccc21. The van der Waals surface area contributed by atoms with Gasteiger partial charge in [-0.05, 0) is 31.2 Å². The highest BCUT2D eigenvalue weighted by atomic mass is 16.6. The first-order valence-corrected chi connectivity index (χ1v) is 7.28. The molecular formula is C16H18O4. The number of para-hydroxylation sites is 1. The maximum atomic E-state index is 12.3. The summed E-state index contributed by atoms with van der Waals surface area (Å²) < 4.78 is 16.8. The minimum absolute atomic E-state index is 0.144. The second-order valence-corrected chi connectivity index (χ2v) is 6.10. The number of rotatable bonds is 3. The summed E-state index contributed by atoms with van der Waals surface area (Å²) >= 11 is 0. The van der Waals surface area contributed by atoms with Crippen molar-refractivity contribution in [3.63, 3.8) is 0 Å². The standard InChI is InChI=1S/C16H18O4/c17-15(19-10-16-7-11(8-16)9-20-16)13-5-6-18-14-4-2-1-3-12(13)14/h1-4,11,13H,5-10H2. The van der Waals surface area contributed by atoms with Crippen molar-refractivity contribution in [3.05, 3.63) is 29.8 Å². The summed E-state index contributed by atoms with van der Waals surface area (Å²) in [6.07, 6.45) is 2.78. The third-order valence-corrected chi connectivity index (χ3v) is 4.67. The largest absolute Gasteiger partial charge is 0.493 e. The normalized spacial score (nSPS) is 33.8. The van der Waals surface area contributed by atoms with E-state index in [-0.39, 0.29) is 17.5 Å². The zero-order chi connectivity index (χ0) is 13.6. The minimum atomic E-state index is -0.200. The summed E-state index contributed by atoms with van der Waals surface area (Å²) in [5.74, 6) is 1.15. The third-order valence-electron chi connectivity index (χ3n) is 4.67. The molecule has 1 atom stereocenters. The lowest BCUT2D eigenvalue weighted by atomic mass is 9.75. The molecule has 1 aromatic carbocycles. The molecule has 1 aromatic rings. The van der Waals surface area contributed by atoms with E-state index in [1.807, 2.05) is 24.3 Å². The molecule has 0 spiro atoms. The molecule has 4 aliphatic rings. The van der Waals surface area contributed by atoms with Crippen molar-refractivity contribution in [2.45, 2.75) is 30.8 Å². The smallest absolute Gasteiger partial charge is 0.313 e. The van der Waals surface area contributed by atoms with Crippen molar-refractivity contribution >= 4 is 5.97 Å². The van der Waals surface area contributed by atoms with Crippen molar-refractivity contribution < 1.29 is 19.0 Å². The maximum absolute atomic E-state index is 12.3. The van der Waals surface area contributed by atoms with Gasteiger partial charge < -0.3 is 14.2 Å². The highest BCUT2D eigenvalue weighted by Crippen LogP contribution is 2.48. The maximum Gasteiger partial charge on any atom is 0.313 e. The van der Waals surface area contributed by atoms with Gasteiger partial charge in [-0.25, -0.2) is 0 Å². The van der Waals surface area contributed by atoms with Crippen molar-refractivity contribution in [2.75, 3.05) is 19.8 Å². The Balaban J connectivity index is 1.44. The van der Waals surface area contributed by atoms with Gasteiger partial charge >= 0.3 is 5.97 Å². The summed E-state index contributed by atoms with van der Waals surface area (Å²) in [4.78, 5) is 12.3. The molecule has 0 radical (unpaired) electrons. The number of benzene rings is 1. The molecule has 0 amide bonds. The Morgan fingerprint density at radius 2 is 2.20 bits per heavy atom. The van der Waals surface area contributed by atoms with E-state index in [2.05, 4.69) is 0 Å². The third kappa shape index (κ3) is 1.90. The van der Waals surface area contributed by atoms with Crippen LogP contribution in [0.5, 0.6) is 5.75 Å². The molecule has 4 nitrogen and oxygen atoms in total. The monoisotopic (exact) mass is 274 g/mol. The van der Waals surface area contributed by atoms with Gasteiger partial charge in [0.15, 0.2) is 0 Å². The minimum Gasteiger partial charge on any atom is -0.493 e. The Bertz CT molecular complexity index is 528. The van der Waals surface area contributed by atoms with Crippen LogP contribution in [0.4, 0.5) is 0 Å². The first kappa shape index (κ1) is 12.2. The van der Waals surface area contributed by atoms with Crippen LogP contribution in [0.15, 0.2) is 24.3 Å². The van der Waals surface area contributed by atoms with Gasteiger partial charge in [0.1, 0.15) is 18.0 Å². The van der Waals surface area contributed by atoms with Gasteiger partial charge in [-0.2, -0.15) is 0 Å². The average molecular weight is 274 g/mol. The van der Waals surface area contributed by atoms with Crippen LogP contribution in [-0.4, -0.2) is 31.4 Å². The van der Waals surface area contributed by atoms with E-state index < -0.39 is 0 Å². The van der Waals surface area contributed by atoms with Crippen LogP contribution in [-0.2, 0) is 14.3 Å². The first-order chi connectivity index (χ1) is 9.76. The number of fused-ring (bicyclic) bond motifs is 2. The van der Waals surface area contributed by atoms with Crippen molar-refractivity contribution in [2.24, 2.45) is 5.92 Å². The van der Waals surface area contributed by atoms with E-state index in [9.17, 15) is 4.79 Å². The van der Waals surface area contributed by atoms with Crippen molar-refractivity contribution in [1.82, 2.24) is 0 Å². The Labute approximate surface area is 118 Å². The molecule has 3 heterocycles. The molecule has 20 heavy (non-hydrogen) atoms. The Hall–Kier alpha value is -1.55. The lowest BCUT2D eigenvalue weighted by molar-refractivity contribution is -0.156. The molecule has 1 aliphatic carbocycles. The zero-order valence-electron chi connectivity index (χ0n) is 11.3. The van der Waals surface area contributed by atoms with Crippen LogP contribution in [0, 0.1) is 5.92 Å². The van der Waals surface area contributed by atoms with Crippen LogP contribution in [0.3, 0.4) is 0 Å². The highest BCUT2D eigenvalue weighted by molar-refractivity contribution is 5.79. The van der Waals surface area contributed by atoms with E-state index in [1.54, 1.807) is 0 Å².